The maximum absolute atomic E-state index is 8.82. The standard InChI is InChI=1S/C13H10ClN3/c14-13-4-9(5-15)1-2-12(13)11-3-10(6-16)7-17-8-11/h1-4,7-8H,5,15H2. The lowest BCUT2D eigenvalue weighted by Crippen LogP contribution is -1.96. The highest BCUT2D eigenvalue weighted by Crippen LogP contribution is 2.28. The van der Waals surface area contributed by atoms with Crippen molar-refractivity contribution in [1.29, 1.82) is 5.26 Å². The topological polar surface area (TPSA) is 62.7 Å². The van der Waals surface area contributed by atoms with Gasteiger partial charge >= 0.3 is 0 Å². The molecule has 2 rings (SSSR count). The second-order valence-electron chi connectivity index (χ2n) is 3.59. The van der Waals surface area contributed by atoms with Gasteiger partial charge in [-0.3, -0.25) is 4.98 Å². The molecule has 1 aromatic heterocycles. The molecule has 2 N–H and O–H groups in total. The van der Waals surface area contributed by atoms with Gasteiger partial charge in [-0.05, 0) is 17.7 Å². The predicted molar refractivity (Wildman–Crippen MR) is 67.3 cm³/mol. The van der Waals surface area contributed by atoms with Gasteiger partial charge in [0.15, 0.2) is 0 Å². The van der Waals surface area contributed by atoms with Crippen molar-refractivity contribution in [2.45, 2.75) is 6.54 Å². The molecule has 0 aliphatic carbocycles. The Morgan fingerprint density at radius 1 is 1.29 bits per heavy atom. The van der Waals surface area contributed by atoms with E-state index in [0.29, 0.717) is 17.1 Å². The molecule has 0 unspecified atom stereocenters. The van der Waals surface area contributed by atoms with E-state index in [9.17, 15) is 0 Å². The van der Waals surface area contributed by atoms with Gasteiger partial charge in [-0.1, -0.05) is 23.7 Å². The first-order valence-electron chi connectivity index (χ1n) is 5.08. The van der Waals surface area contributed by atoms with E-state index in [1.165, 1.54) is 6.20 Å². The molecule has 0 amide bonds. The van der Waals surface area contributed by atoms with Gasteiger partial charge in [0, 0.05) is 35.1 Å². The van der Waals surface area contributed by atoms with Crippen molar-refractivity contribution in [1.82, 2.24) is 4.98 Å². The second-order valence-corrected chi connectivity index (χ2v) is 4.00. The molecule has 0 aliphatic rings. The van der Waals surface area contributed by atoms with Gasteiger partial charge in [0.1, 0.15) is 6.07 Å². The number of hydrogen-bond donors (Lipinski definition) is 1. The first-order valence-corrected chi connectivity index (χ1v) is 5.46. The average Bonchev–Trinajstić information content (AvgIpc) is 2.38. The van der Waals surface area contributed by atoms with E-state index >= 15 is 0 Å². The van der Waals surface area contributed by atoms with Gasteiger partial charge in [-0.25, -0.2) is 0 Å². The zero-order valence-corrected chi connectivity index (χ0v) is 9.78. The summed E-state index contributed by atoms with van der Waals surface area (Å²) in [5, 5.41) is 9.44. The van der Waals surface area contributed by atoms with E-state index in [1.807, 2.05) is 18.2 Å². The van der Waals surface area contributed by atoms with Crippen molar-refractivity contribution < 1.29 is 0 Å². The van der Waals surface area contributed by atoms with Crippen LogP contribution < -0.4 is 5.73 Å². The Morgan fingerprint density at radius 2 is 2.12 bits per heavy atom. The first-order chi connectivity index (χ1) is 8.24. The number of benzene rings is 1. The van der Waals surface area contributed by atoms with Crippen LogP contribution in [0.5, 0.6) is 0 Å². The van der Waals surface area contributed by atoms with Crippen LogP contribution in [0.15, 0.2) is 36.7 Å². The monoisotopic (exact) mass is 243 g/mol. The minimum atomic E-state index is 0.455. The SMILES string of the molecule is N#Cc1cncc(-c2ccc(CN)cc2Cl)c1. The van der Waals surface area contributed by atoms with E-state index in [-0.39, 0.29) is 0 Å². The van der Waals surface area contributed by atoms with Crippen molar-refractivity contribution in [2.75, 3.05) is 0 Å². The van der Waals surface area contributed by atoms with Crippen LogP contribution in [0.2, 0.25) is 5.02 Å². The molecule has 0 atom stereocenters. The van der Waals surface area contributed by atoms with E-state index in [0.717, 1.165) is 16.7 Å². The van der Waals surface area contributed by atoms with Gasteiger partial charge in [-0.15, -0.1) is 0 Å². The summed E-state index contributed by atoms with van der Waals surface area (Å²) in [4.78, 5) is 4.01. The Morgan fingerprint density at radius 3 is 2.76 bits per heavy atom. The van der Waals surface area contributed by atoms with Crippen molar-refractivity contribution in [3.63, 3.8) is 0 Å². The Labute approximate surface area is 104 Å². The molecule has 1 heterocycles. The zero-order valence-electron chi connectivity index (χ0n) is 9.02. The third-order valence-corrected chi connectivity index (χ3v) is 2.76. The molecular formula is C13H10ClN3. The van der Waals surface area contributed by atoms with Crippen LogP contribution in [0, 0.1) is 11.3 Å². The molecule has 1 aromatic carbocycles. The summed E-state index contributed by atoms with van der Waals surface area (Å²) in [6, 6.07) is 9.45. The molecule has 0 spiro atoms. The van der Waals surface area contributed by atoms with Gasteiger partial charge in [0.25, 0.3) is 0 Å². The van der Waals surface area contributed by atoms with Crippen molar-refractivity contribution >= 4 is 11.6 Å². The third kappa shape index (κ3) is 2.44. The average molecular weight is 244 g/mol. The molecule has 0 aliphatic heterocycles. The first kappa shape index (κ1) is 11.6. The van der Waals surface area contributed by atoms with Gasteiger partial charge in [0.2, 0.25) is 0 Å². The lowest BCUT2D eigenvalue weighted by atomic mass is 10.0. The quantitative estimate of drug-likeness (QED) is 0.882. The van der Waals surface area contributed by atoms with Crippen molar-refractivity contribution in [3.05, 3.63) is 52.8 Å². The number of nitriles is 1. The van der Waals surface area contributed by atoms with Crippen molar-refractivity contribution in [2.24, 2.45) is 5.73 Å². The molecular weight excluding hydrogens is 234 g/mol. The van der Waals surface area contributed by atoms with Crippen LogP contribution in [0.4, 0.5) is 0 Å². The molecule has 0 bridgehead atoms. The third-order valence-electron chi connectivity index (χ3n) is 2.45. The Bertz CT molecular complexity index is 587. The minimum Gasteiger partial charge on any atom is -0.326 e. The Balaban J connectivity index is 2.49. The van der Waals surface area contributed by atoms with Crippen LogP contribution in [-0.2, 0) is 6.54 Å². The molecule has 84 valence electrons. The maximum atomic E-state index is 8.82. The van der Waals surface area contributed by atoms with E-state index in [4.69, 9.17) is 22.6 Å². The van der Waals surface area contributed by atoms with Crippen LogP contribution in [0.3, 0.4) is 0 Å². The molecule has 4 heteroatoms. The van der Waals surface area contributed by atoms with Gasteiger partial charge < -0.3 is 5.73 Å². The van der Waals surface area contributed by atoms with Gasteiger partial charge in [-0.2, -0.15) is 5.26 Å². The number of nitrogens with two attached hydrogens (primary N) is 1. The summed E-state index contributed by atoms with van der Waals surface area (Å²) in [5.74, 6) is 0. The summed E-state index contributed by atoms with van der Waals surface area (Å²) in [5.41, 5.74) is 8.72. The fourth-order valence-electron chi connectivity index (χ4n) is 1.57. The fourth-order valence-corrected chi connectivity index (χ4v) is 1.88. The molecule has 0 saturated carbocycles. The Hall–Kier alpha value is -1.89. The minimum absolute atomic E-state index is 0.455. The van der Waals surface area contributed by atoms with Gasteiger partial charge in [0.05, 0.1) is 5.56 Å². The lowest BCUT2D eigenvalue weighted by Gasteiger charge is -2.06. The number of hydrogen-bond acceptors (Lipinski definition) is 3. The summed E-state index contributed by atoms with van der Waals surface area (Å²) < 4.78 is 0. The predicted octanol–water partition coefficient (Wildman–Crippen LogP) is 2.73. The molecule has 0 radical (unpaired) electrons. The van der Waals surface area contributed by atoms with Crippen molar-refractivity contribution in [3.8, 4) is 17.2 Å². The summed E-state index contributed by atoms with van der Waals surface area (Å²) in [7, 11) is 0. The molecule has 3 nitrogen and oxygen atoms in total. The lowest BCUT2D eigenvalue weighted by molar-refractivity contribution is 1.07. The summed E-state index contributed by atoms with van der Waals surface area (Å²) in [6.45, 7) is 0.455. The fraction of sp³-hybridized carbons (Fsp3) is 0.0769. The van der Waals surface area contributed by atoms with Crippen LogP contribution in [-0.4, -0.2) is 4.98 Å². The highest BCUT2D eigenvalue weighted by atomic mass is 35.5. The van der Waals surface area contributed by atoms with E-state index in [2.05, 4.69) is 11.1 Å². The largest absolute Gasteiger partial charge is 0.326 e. The smallest absolute Gasteiger partial charge is 0.101 e. The molecule has 17 heavy (non-hydrogen) atoms. The van der Waals surface area contributed by atoms with E-state index < -0.39 is 0 Å². The number of halogens is 1. The van der Waals surface area contributed by atoms with E-state index in [1.54, 1.807) is 12.3 Å². The molecule has 0 fully saturated rings. The number of rotatable bonds is 2. The number of nitrogens with zero attached hydrogens (tertiary/aromatic N) is 2. The second kappa shape index (κ2) is 4.96. The summed E-state index contributed by atoms with van der Waals surface area (Å²) >= 11 is 6.17. The highest BCUT2D eigenvalue weighted by Gasteiger charge is 2.05. The maximum Gasteiger partial charge on any atom is 0.101 e. The Kier molecular flexibility index (Phi) is 3.38. The molecule has 2 aromatic rings. The zero-order chi connectivity index (χ0) is 12.3. The van der Waals surface area contributed by atoms with Crippen LogP contribution in [0.25, 0.3) is 11.1 Å². The summed E-state index contributed by atoms with van der Waals surface area (Å²) in [6.07, 6.45) is 3.20. The highest BCUT2D eigenvalue weighted by molar-refractivity contribution is 6.33. The number of aromatic nitrogens is 1. The van der Waals surface area contributed by atoms with Crippen LogP contribution in [0.1, 0.15) is 11.1 Å². The number of pyridine rings is 1. The van der Waals surface area contributed by atoms with Crippen LogP contribution >= 0.6 is 11.6 Å². The molecule has 0 saturated heterocycles. The normalized spacial score (nSPS) is 9.94.